The van der Waals surface area contributed by atoms with Gasteiger partial charge in [-0.3, -0.25) is 9.69 Å². The zero-order valence-corrected chi connectivity index (χ0v) is 38.0. The van der Waals surface area contributed by atoms with E-state index in [9.17, 15) is 0 Å². The van der Waals surface area contributed by atoms with Crippen molar-refractivity contribution in [3.05, 3.63) is 272 Å². The second-order valence-electron chi connectivity index (χ2n) is 17.6. The lowest BCUT2D eigenvalue weighted by Crippen LogP contribution is -2.31. The summed E-state index contributed by atoms with van der Waals surface area (Å²) in [6.07, 6.45) is 6.41. The molecular formula is C66H45N4O+. The van der Waals surface area contributed by atoms with E-state index in [1.807, 2.05) is 59.2 Å². The van der Waals surface area contributed by atoms with E-state index in [1.165, 1.54) is 33.4 Å². The lowest BCUT2D eigenvalue weighted by molar-refractivity contribution is -0.566. The number of hydrogen-bond acceptors (Lipinski definition) is 2. The number of aromatic nitrogens is 3. The van der Waals surface area contributed by atoms with Crippen molar-refractivity contribution >= 4 is 44.0 Å². The SMILES string of the molecule is [2H]c1c([2H])c([2H])c(-c2cccc(-c3c([2H])c([2H])c([2H])c([2H])c3[2H])c2-[n+]2cn(-c3cccc(Oc4ccc5c6ccccc6n(N6C=C7C(=CC6)c6ccccc6-c6ccccc6-c6ccccc67)c5c4)c3)c3ccccc32)c([2H])c1[2H]. The fraction of sp³-hybridized carbons (Fsp3) is 0.0152. The second kappa shape index (κ2) is 16.7. The highest BCUT2D eigenvalue weighted by Crippen LogP contribution is 2.48. The van der Waals surface area contributed by atoms with Crippen molar-refractivity contribution in [3.63, 3.8) is 0 Å². The summed E-state index contributed by atoms with van der Waals surface area (Å²) < 4.78 is 100. The minimum absolute atomic E-state index is 0.110. The topological polar surface area (TPSA) is 26.2 Å². The predicted octanol–water partition coefficient (Wildman–Crippen LogP) is 15.9. The van der Waals surface area contributed by atoms with Crippen molar-refractivity contribution < 1.29 is 23.0 Å². The highest BCUT2D eigenvalue weighted by atomic mass is 16.5. The molecule has 0 saturated carbocycles. The Hall–Kier alpha value is -9.45. The van der Waals surface area contributed by atoms with Gasteiger partial charge in [-0.1, -0.05) is 194 Å². The van der Waals surface area contributed by atoms with Gasteiger partial charge in [-0.25, -0.2) is 0 Å². The lowest BCUT2D eigenvalue weighted by atomic mass is 9.79. The molecule has 5 heteroatoms. The van der Waals surface area contributed by atoms with Crippen LogP contribution in [0.4, 0.5) is 0 Å². The summed E-state index contributed by atoms with van der Waals surface area (Å²) >= 11 is 0. The van der Waals surface area contributed by atoms with E-state index in [1.54, 1.807) is 29.1 Å². The van der Waals surface area contributed by atoms with Gasteiger partial charge in [-0.05, 0) is 92.5 Å². The molecule has 2 aromatic heterocycles. The van der Waals surface area contributed by atoms with E-state index in [-0.39, 0.29) is 27.9 Å². The molecule has 0 N–H and O–H groups in total. The van der Waals surface area contributed by atoms with Crippen LogP contribution in [0.3, 0.4) is 0 Å². The van der Waals surface area contributed by atoms with Gasteiger partial charge >= 0.3 is 0 Å². The summed E-state index contributed by atoms with van der Waals surface area (Å²) in [6.45, 7) is 0.597. The molecule has 5 nitrogen and oxygen atoms in total. The number of benzene rings is 10. The standard InChI is InChI=1S/C66H45N4O/c1-3-19-45(20-4-1)50-32-18-33-51(46-21-5-2-6-22-46)66(50)69-44-68(63-35-15-16-36-64(63)69)47-23-17-24-48(41-47)71-49-37-38-60-59-31-13-14-34-62(59)70(65(60)42-49)67-40-39-58-56-29-10-9-27-54(56)52-25-7-8-26-53(52)55-28-11-12-30-57(55)61(58)43-67/h1-39,41-44H,40H2/q+1/i1D,2D,3D,4D,5D,6D,19D,20D,21D,22D. The molecule has 0 atom stereocenters. The zero-order valence-electron chi connectivity index (χ0n) is 48.0. The fourth-order valence-corrected chi connectivity index (χ4v) is 10.6. The van der Waals surface area contributed by atoms with E-state index in [0.29, 0.717) is 34.8 Å². The van der Waals surface area contributed by atoms with Crippen molar-refractivity contribution in [2.45, 2.75) is 0 Å². The number of nitrogens with zero attached hydrogens (tertiary/aromatic N) is 4. The van der Waals surface area contributed by atoms with Crippen LogP contribution in [0.2, 0.25) is 0 Å². The monoisotopic (exact) mass is 919 g/mol. The maximum absolute atomic E-state index is 9.09. The first-order valence-corrected chi connectivity index (χ1v) is 23.5. The Kier molecular flexibility index (Phi) is 7.40. The quantitative estimate of drug-likeness (QED) is 0.149. The van der Waals surface area contributed by atoms with Crippen LogP contribution in [0.15, 0.2) is 261 Å². The van der Waals surface area contributed by atoms with Gasteiger partial charge in [0, 0.05) is 45.8 Å². The fourth-order valence-electron chi connectivity index (χ4n) is 10.6. The first kappa shape index (κ1) is 31.6. The number of fused-ring (bicyclic) bond motifs is 12. The Morgan fingerprint density at radius 2 is 0.972 bits per heavy atom. The van der Waals surface area contributed by atoms with Crippen LogP contribution in [-0.4, -0.2) is 15.8 Å². The van der Waals surface area contributed by atoms with Crippen LogP contribution in [0, 0.1) is 0 Å². The minimum Gasteiger partial charge on any atom is -0.457 e. The van der Waals surface area contributed by atoms with Crippen molar-refractivity contribution in [1.29, 1.82) is 0 Å². The number of rotatable bonds is 7. The number of ether oxygens (including phenoxy) is 1. The molecule has 2 aliphatic rings. The summed E-state index contributed by atoms with van der Waals surface area (Å²) in [6, 6.07) is 55.5. The molecule has 334 valence electrons. The molecule has 10 aromatic carbocycles. The van der Waals surface area contributed by atoms with Gasteiger partial charge in [0.15, 0.2) is 11.0 Å². The molecule has 1 aliphatic heterocycles. The average Bonchev–Trinajstić information content (AvgIpc) is 4.13. The normalized spacial score (nSPS) is 14.8. The van der Waals surface area contributed by atoms with Crippen LogP contribution in [0.1, 0.15) is 24.8 Å². The molecule has 0 fully saturated rings. The van der Waals surface area contributed by atoms with Gasteiger partial charge in [-0.15, -0.1) is 0 Å². The molecule has 14 rings (SSSR count). The molecule has 0 unspecified atom stereocenters. The summed E-state index contributed by atoms with van der Waals surface area (Å²) in [4.78, 5) is 0. The van der Waals surface area contributed by atoms with Gasteiger partial charge in [0.05, 0.1) is 31.3 Å². The van der Waals surface area contributed by atoms with E-state index < -0.39 is 60.4 Å². The third-order valence-electron chi connectivity index (χ3n) is 13.6. The first-order chi connectivity index (χ1) is 39.4. The van der Waals surface area contributed by atoms with Crippen LogP contribution >= 0.6 is 0 Å². The first-order valence-electron chi connectivity index (χ1n) is 28.5. The Morgan fingerprint density at radius 1 is 0.437 bits per heavy atom. The third-order valence-corrected chi connectivity index (χ3v) is 13.6. The molecule has 0 spiro atoms. The largest absolute Gasteiger partial charge is 0.457 e. The summed E-state index contributed by atoms with van der Waals surface area (Å²) in [5.41, 5.74) is 13.8. The average molecular weight is 920 g/mol. The van der Waals surface area contributed by atoms with Gasteiger partial charge in [0.2, 0.25) is 0 Å². The van der Waals surface area contributed by atoms with Crippen molar-refractivity contribution in [2.24, 2.45) is 0 Å². The zero-order chi connectivity index (χ0) is 55.5. The van der Waals surface area contributed by atoms with Crippen molar-refractivity contribution in [2.75, 3.05) is 11.6 Å². The molecule has 0 radical (unpaired) electrons. The minimum atomic E-state index is -0.559. The van der Waals surface area contributed by atoms with E-state index in [2.05, 4.69) is 131 Å². The van der Waals surface area contributed by atoms with Crippen molar-refractivity contribution in [3.8, 4) is 67.4 Å². The number of imidazole rings is 1. The Morgan fingerprint density at radius 3 is 1.66 bits per heavy atom. The van der Waals surface area contributed by atoms with E-state index >= 15 is 0 Å². The summed E-state index contributed by atoms with van der Waals surface area (Å²) in [5.74, 6) is 1.14. The lowest BCUT2D eigenvalue weighted by Gasteiger charge is -2.32. The molecule has 71 heavy (non-hydrogen) atoms. The summed E-state index contributed by atoms with van der Waals surface area (Å²) in [5, 5.41) is 4.45. The molecule has 0 amide bonds. The van der Waals surface area contributed by atoms with Gasteiger partial charge in [-0.2, -0.15) is 9.13 Å². The maximum atomic E-state index is 9.09. The number of para-hydroxylation sites is 4. The molecule has 3 heterocycles. The van der Waals surface area contributed by atoms with Crippen LogP contribution in [-0.2, 0) is 0 Å². The third kappa shape index (κ3) is 6.74. The van der Waals surface area contributed by atoms with Crippen LogP contribution in [0.25, 0.3) is 99.9 Å². The number of hydrogen-bond donors (Lipinski definition) is 0. The molecule has 12 aromatic rings. The van der Waals surface area contributed by atoms with E-state index in [0.717, 1.165) is 32.9 Å². The van der Waals surface area contributed by atoms with Gasteiger partial charge in [0.1, 0.15) is 22.9 Å². The summed E-state index contributed by atoms with van der Waals surface area (Å²) in [7, 11) is 0. The van der Waals surface area contributed by atoms with E-state index in [4.69, 9.17) is 18.4 Å². The molecule has 1 aliphatic carbocycles. The predicted molar refractivity (Wildman–Crippen MR) is 292 cm³/mol. The highest BCUT2D eigenvalue weighted by molar-refractivity contribution is 6.14. The highest BCUT2D eigenvalue weighted by Gasteiger charge is 2.28. The smallest absolute Gasteiger partial charge is 0.255 e. The molecular weight excluding hydrogens is 865 g/mol. The maximum Gasteiger partial charge on any atom is 0.255 e. The van der Waals surface area contributed by atoms with Crippen molar-refractivity contribution in [1.82, 2.24) is 9.24 Å². The van der Waals surface area contributed by atoms with Crippen LogP contribution in [0.5, 0.6) is 11.5 Å². The Balaban J connectivity index is 0.895. The van der Waals surface area contributed by atoms with Crippen LogP contribution < -0.4 is 14.3 Å². The van der Waals surface area contributed by atoms with Gasteiger partial charge in [0.25, 0.3) is 6.33 Å². The number of allylic oxidation sites excluding steroid dienone is 2. The Labute approximate surface area is 426 Å². The molecule has 0 bridgehead atoms. The Bertz CT molecular complexity index is 4600. The van der Waals surface area contributed by atoms with Gasteiger partial charge < -0.3 is 4.74 Å². The second-order valence-corrected chi connectivity index (χ2v) is 17.6. The molecule has 0 saturated heterocycles.